The minimum absolute atomic E-state index is 0.0233. The van der Waals surface area contributed by atoms with Crippen molar-refractivity contribution in [3.63, 3.8) is 0 Å². The monoisotopic (exact) mass is 445 g/mol. The van der Waals surface area contributed by atoms with E-state index in [2.05, 4.69) is 5.32 Å². The number of ether oxygens (including phenoxy) is 2. The fourth-order valence-electron chi connectivity index (χ4n) is 3.00. The van der Waals surface area contributed by atoms with Gasteiger partial charge in [-0.25, -0.2) is 8.42 Å². The zero-order valence-electron chi connectivity index (χ0n) is 16.1. The molecule has 1 amide bonds. The Hall–Kier alpha value is -2.91. The van der Waals surface area contributed by atoms with E-state index in [-0.39, 0.29) is 22.2 Å². The first-order chi connectivity index (χ1) is 14.5. The molecule has 3 aromatic rings. The Balaban J connectivity index is 1.51. The molecule has 156 valence electrons. The number of rotatable bonds is 6. The van der Waals surface area contributed by atoms with E-state index >= 15 is 0 Å². The van der Waals surface area contributed by atoms with Gasteiger partial charge in [0, 0.05) is 11.0 Å². The molecule has 2 aromatic carbocycles. The van der Waals surface area contributed by atoms with Crippen LogP contribution in [-0.4, -0.2) is 33.8 Å². The van der Waals surface area contributed by atoms with E-state index in [0.717, 1.165) is 4.90 Å². The van der Waals surface area contributed by atoms with Crippen LogP contribution in [0.3, 0.4) is 0 Å². The molecule has 0 fully saturated rings. The van der Waals surface area contributed by atoms with E-state index in [0.29, 0.717) is 30.4 Å². The van der Waals surface area contributed by atoms with Gasteiger partial charge in [0.15, 0.2) is 27.1 Å². The fraction of sp³-hybridized carbons (Fsp3) is 0.190. The topological polar surface area (TPSA) is 94.8 Å². The van der Waals surface area contributed by atoms with Gasteiger partial charge in [0.1, 0.15) is 24.7 Å². The van der Waals surface area contributed by atoms with Crippen LogP contribution in [0.1, 0.15) is 16.3 Å². The molecule has 1 N–H and O–H groups in total. The van der Waals surface area contributed by atoms with Crippen LogP contribution in [-0.2, 0) is 15.6 Å². The molecule has 9 heteroatoms. The van der Waals surface area contributed by atoms with E-state index in [1.54, 1.807) is 24.3 Å². The van der Waals surface area contributed by atoms with Crippen LogP contribution in [0.25, 0.3) is 0 Å². The van der Waals surface area contributed by atoms with E-state index < -0.39 is 15.7 Å². The molecule has 1 aromatic heterocycles. The van der Waals surface area contributed by atoms with E-state index in [4.69, 9.17) is 13.9 Å². The summed E-state index contributed by atoms with van der Waals surface area (Å²) in [5, 5.41) is 2.80. The summed E-state index contributed by atoms with van der Waals surface area (Å²) in [5.74, 6) is 0.597. The molecule has 7 nitrogen and oxygen atoms in total. The third-order valence-electron chi connectivity index (χ3n) is 4.43. The first-order valence-corrected chi connectivity index (χ1v) is 12.0. The van der Waals surface area contributed by atoms with Crippen molar-refractivity contribution < 1.29 is 27.1 Å². The number of hydrogen-bond donors (Lipinski definition) is 1. The van der Waals surface area contributed by atoms with Crippen molar-refractivity contribution >= 4 is 33.2 Å². The first-order valence-electron chi connectivity index (χ1n) is 9.12. The average Bonchev–Trinajstić information content (AvgIpc) is 3.22. The first kappa shape index (κ1) is 20.4. The number of thioether (sulfide) groups is 1. The number of carbonyl (C=O) groups is 1. The van der Waals surface area contributed by atoms with Crippen molar-refractivity contribution in [2.75, 3.05) is 24.8 Å². The summed E-state index contributed by atoms with van der Waals surface area (Å²) in [6, 6.07) is 14.6. The quantitative estimate of drug-likeness (QED) is 0.573. The third kappa shape index (κ3) is 4.31. The summed E-state index contributed by atoms with van der Waals surface area (Å²) in [7, 11) is -3.56. The second kappa shape index (κ2) is 8.45. The van der Waals surface area contributed by atoms with Gasteiger partial charge in [0.2, 0.25) is 0 Å². The summed E-state index contributed by atoms with van der Waals surface area (Å²) >= 11 is 1.46. The molecule has 0 radical (unpaired) electrons. The Morgan fingerprint density at radius 3 is 2.43 bits per heavy atom. The number of furan rings is 1. The maximum Gasteiger partial charge on any atom is 0.291 e. The number of hydrogen-bond acceptors (Lipinski definition) is 7. The van der Waals surface area contributed by atoms with Crippen LogP contribution >= 0.6 is 11.8 Å². The SMILES string of the molecule is CSc1cc2c(cc1NC(=O)c1ccc(CS(=O)(=O)c3ccccc3)o1)OCCO2. The molecule has 2 heterocycles. The maximum absolute atomic E-state index is 12.7. The van der Waals surface area contributed by atoms with Crippen molar-refractivity contribution in [1.29, 1.82) is 0 Å². The molecule has 0 unspecified atom stereocenters. The maximum atomic E-state index is 12.7. The van der Waals surface area contributed by atoms with Crippen LogP contribution in [0, 0.1) is 0 Å². The Morgan fingerprint density at radius 2 is 1.73 bits per heavy atom. The standard InChI is InChI=1S/C21H19NO6S2/c1-29-20-12-19-18(26-9-10-27-19)11-16(20)22-21(23)17-8-7-14(28-17)13-30(24,25)15-5-3-2-4-6-15/h2-8,11-12H,9-10,13H2,1H3,(H,22,23). The Labute approximate surface area is 178 Å². The molecule has 0 atom stereocenters. The van der Waals surface area contributed by atoms with Crippen molar-refractivity contribution in [2.24, 2.45) is 0 Å². The highest BCUT2D eigenvalue weighted by atomic mass is 32.2. The molecule has 0 bridgehead atoms. The number of fused-ring (bicyclic) bond motifs is 1. The van der Waals surface area contributed by atoms with Crippen molar-refractivity contribution in [1.82, 2.24) is 0 Å². The molecule has 30 heavy (non-hydrogen) atoms. The van der Waals surface area contributed by atoms with Gasteiger partial charge in [0.05, 0.1) is 10.6 Å². The van der Waals surface area contributed by atoms with E-state index in [1.807, 2.05) is 12.3 Å². The fourth-order valence-corrected chi connectivity index (χ4v) is 4.82. The Bertz CT molecular complexity index is 1170. The van der Waals surface area contributed by atoms with Gasteiger partial charge in [0.25, 0.3) is 5.91 Å². The van der Waals surface area contributed by atoms with Gasteiger partial charge in [-0.3, -0.25) is 4.79 Å². The average molecular weight is 446 g/mol. The van der Waals surface area contributed by atoms with Gasteiger partial charge in [-0.1, -0.05) is 18.2 Å². The molecule has 0 aliphatic carbocycles. The number of benzene rings is 2. The largest absolute Gasteiger partial charge is 0.486 e. The van der Waals surface area contributed by atoms with Crippen LogP contribution in [0.15, 0.2) is 68.8 Å². The number of sulfone groups is 1. The Kier molecular flexibility index (Phi) is 5.74. The summed E-state index contributed by atoms with van der Waals surface area (Å²) in [6.45, 7) is 0.921. The second-order valence-corrected chi connectivity index (χ2v) is 9.33. The smallest absolute Gasteiger partial charge is 0.291 e. The summed E-state index contributed by atoms with van der Waals surface area (Å²) < 4.78 is 41.7. The van der Waals surface area contributed by atoms with Crippen molar-refractivity contribution in [2.45, 2.75) is 15.5 Å². The lowest BCUT2D eigenvalue weighted by molar-refractivity contribution is 0.0995. The van der Waals surface area contributed by atoms with Gasteiger partial charge >= 0.3 is 0 Å². The predicted molar refractivity (Wildman–Crippen MR) is 113 cm³/mol. The highest BCUT2D eigenvalue weighted by Gasteiger charge is 2.21. The minimum atomic E-state index is -3.56. The van der Waals surface area contributed by atoms with Crippen LogP contribution in [0.2, 0.25) is 0 Å². The Morgan fingerprint density at radius 1 is 1.03 bits per heavy atom. The van der Waals surface area contributed by atoms with Crippen LogP contribution < -0.4 is 14.8 Å². The molecule has 0 saturated heterocycles. The van der Waals surface area contributed by atoms with Crippen LogP contribution in [0.4, 0.5) is 5.69 Å². The zero-order chi connectivity index (χ0) is 21.1. The number of nitrogens with one attached hydrogen (secondary N) is 1. The lowest BCUT2D eigenvalue weighted by Gasteiger charge is -2.20. The van der Waals surface area contributed by atoms with Gasteiger partial charge in [-0.15, -0.1) is 11.8 Å². The summed E-state index contributed by atoms with van der Waals surface area (Å²) in [5.41, 5.74) is 0.562. The molecule has 0 spiro atoms. The summed E-state index contributed by atoms with van der Waals surface area (Å²) in [6.07, 6.45) is 1.89. The van der Waals surface area contributed by atoms with Gasteiger partial charge in [-0.2, -0.15) is 0 Å². The van der Waals surface area contributed by atoms with Gasteiger partial charge < -0.3 is 19.2 Å². The molecule has 4 rings (SSSR count). The second-order valence-electron chi connectivity index (χ2n) is 6.49. The van der Waals surface area contributed by atoms with E-state index in [1.165, 1.54) is 36.0 Å². The molecule has 1 aliphatic heterocycles. The third-order valence-corrected chi connectivity index (χ3v) is 6.87. The summed E-state index contributed by atoms with van der Waals surface area (Å²) in [4.78, 5) is 13.7. The predicted octanol–water partition coefficient (Wildman–Crippen LogP) is 4.00. The highest BCUT2D eigenvalue weighted by Crippen LogP contribution is 2.39. The number of anilines is 1. The van der Waals surface area contributed by atoms with E-state index in [9.17, 15) is 13.2 Å². The normalized spacial score (nSPS) is 13.1. The number of amides is 1. The molecular weight excluding hydrogens is 426 g/mol. The molecular formula is C21H19NO6S2. The zero-order valence-corrected chi connectivity index (χ0v) is 17.7. The van der Waals surface area contributed by atoms with Gasteiger partial charge in [-0.05, 0) is 36.6 Å². The minimum Gasteiger partial charge on any atom is -0.486 e. The van der Waals surface area contributed by atoms with Crippen LogP contribution in [0.5, 0.6) is 11.5 Å². The molecule has 0 saturated carbocycles. The lowest BCUT2D eigenvalue weighted by atomic mass is 10.2. The highest BCUT2D eigenvalue weighted by molar-refractivity contribution is 7.98. The van der Waals surface area contributed by atoms with Crippen molar-refractivity contribution in [3.05, 3.63) is 66.1 Å². The lowest BCUT2D eigenvalue weighted by Crippen LogP contribution is -2.17. The number of carbonyl (C=O) groups excluding carboxylic acids is 1. The molecule has 1 aliphatic rings. The van der Waals surface area contributed by atoms with Crippen molar-refractivity contribution in [3.8, 4) is 11.5 Å².